The fourth-order valence-corrected chi connectivity index (χ4v) is 1.87. The van der Waals surface area contributed by atoms with Gasteiger partial charge in [-0.1, -0.05) is 0 Å². The molecule has 1 rings (SSSR count). The Hall–Kier alpha value is -1.70. The van der Waals surface area contributed by atoms with Gasteiger partial charge in [0.2, 0.25) is 0 Å². The molecule has 0 aliphatic carbocycles. The highest BCUT2D eigenvalue weighted by Crippen LogP contribution is 2.34. The van der Waals surface area contributed by atoms with Crippen molar-refractivity contribution in [2.24, 2.45) is 5.73 Å². The Morgan fingerprint density at radius 1 is 1.10 bits per heavy atom. The zero-order valence-electron chi connectivity index (χ0n) is 10.2. The number of carboxylic acid groups (broad SMARTS) is 1. The van der Waals surface area contributed by atoms with Gasteiger partial charge in [-0.15, -0.1) is 0 Å². The number of benzene rings is 1. The summed E-state index contributed by atoms with van der Waals surface area (Å²) in [5.41, 5.74) is 2.67. The highest BCUT2D eigenvalue weighted by molar-refractivity contribution is 5.81. The zero-order chi connectivity index (χ0) is 15.6. The molecule has 1 aromatic rings. The van der Waals surface area contributed by atoms with Gasteiger partial charge in [0.25, 0.3) is 0 Å². The molecule has 0 heterocycles. The van der Waals surface area contributed by atoms with Crippen LogP contribution in [-0.4, -0.2) is 23.8 Å². The predicted molar refractivity (Wildman–Crippen MR) is 60.0 cm³/mol. The van der Waals surface area contributed by atoms with Crippen LogP contribution in [0.3, 0.4) is 0 Å². The standard InChI is InChI=1S/C12H12F5NO2/c13-8-3-7(4-9(14)5-8)11(6-18,10(19)20)1-2-12(15,16)17/h3-5H,1-2,6,18H2,(H,19,20). The molecule has 0 fully saturated rings. The lowest BCUT2D eigenvalue weighted by atomic mass is 9.76. The SMILES string of the molecule is NCC(CCC(F)(F)F)(C(=O)O)c1cc(F)cc(F)c1. The molecule has 3 N–H and O–H groups in total. The van der Waals surface area contributed by atoms with Gasteiger partial charge in [0, 0.05) is 19.0 Å². The third kappa shape index (κ3) is 3.66. The molecular formula is C12H12F5NO2. The normalized spacial score (nSPS) is 14.9. The van der Waals surface area contributed by atoms with E-state index < -0.39 is 54.1 Å². The Balaban J connectivity index is 3.26. The summed E-state index contributed by atoms with van der Waals surface area (Å²) in [4.78, 5) is 11.3. The second-order valence-corrected chi connectivity index (χ2v) is 4.36. The van der Waals surface area contributed by atoms with Crippen LogP contribution < -0.4 is 5.73 Å². The van der Waals surface area contributed by atoms with E-state index in [4.69, 9.17) is 10.8 Å². The molecule has 1 aromatic carbocycles. The van der Waals surface area contributed by atoms with Gasteiger partial charge < -0.3 is 10.8 Å². The van der Waals surface area contributed by atoms with E-state index >= 15 is 0 Å². The van der Waals surface area contributed by atoms with E-state index in [1.165, 1.54) is 0 Å². The molecule has 0 amide bonds. The van der Waals surface area contributed by atoms with Crippen LogP contribution in [0.5, 0.6) is 0 Å². The smallest absolute Gasteiger partial charge is 0.389 e. The maximum atomic E-state index is 13.1. The summed E-state index contributed by atoms with van der Waals surface area (Å²) in [5, 5.41) is 9.16. The Kier molecular flexibility index (Phi) is 4.69. The number of carbonyl (C=O) groups is 1. The molecule has 20 heavy (non-hydrogen) atoms. The van der Waals surface area contributed by atoms with Gasteiger partial charge in [-0.25, -0.2) is 8.78 Å². The van der Waals surface area contributed by atoms with E-state index in [1.54, 1.807) is 0 Å². The van der Waals surface area contributed by atoms with Crippen LogP contribution in [0.4, 0.5) is 22.0 Å². The summed E-state index contributed by atoms with van der Waals surface area (Å²) in [6, 6.07) is 1.86. The van der Waals surface area contributed by atoms with Gasteiger partial charge in [0.1, 0.15) is 17.0 Å². The summed E-state index contributed by atoms with van der Waals surface area (Å²) in [6.45, 7) is -0.707. The summed E-state index contributed by atoms with van der Waals surface area (Å²) in [5.74, 6) is -3.81. The first kappa shape index (κ1) is 16.4. The van der Waals surface area contributed by atoms with E-state index in [1.807, 2.05) is 0 Å². The van der Waals surface area contributed by atoms with Crippen LogP contribution >= 0.6 is 0 Å². The number of nitrogens with two attached hydrogens (primary N) is 1. The number of carboxylic acids is 1. The van der Waals surface area contributed by atoms with Gasteiger partial charge in [-0.05, 0) is 24.1 Å². The maximum Gasteiger partial charge on any atom is 0.389 e. The van der Waals surface area contributed by atoms with Crippen molar-refractivity contribution in [1.29, 1.82) is 0 Å². The van der Waals surface area contributed by atoms with Crippen molar-refractivity contribution in [2.45, 2.75) is 24.4 Å². The summed E-state index contributed by atoms with van der Waals surface area (Å²) >= 11 is 0. The number of hydrogen-bond acceptors (Lipinski definition) is 2. The molecule has 1 atom stereocenters. The first-order valence-electron chi connectivity index (χ1n) is 5.57. The minimum atomic E-state index is -4.60. The second-order valence-electron chi connectivity index (χ2n) is 4.36. The molecule has 0 radical (unpaired) electrons. The Morgan fingerprint density at radius 2 is 1.60 bits per heavy atom. The quantitative estimate of drug-likeness (QED) is 0.821. The Morgan fingerprint density at radius 3 is 1.95 bits per heavy atom. The molecule has 0 aromatic heterocycles. The first-order chi connectivity index (χ1) is 9.10. The van der Waals surface area contributed by atoms with E-state index in [2.05, 4.69) is 0 Å². The van der Waals surface area contributed by atoms with Gasteiger partial charge in [0.15, 0.2) is 0 Å². The van der Waals surface area contributed by atoms with Crippen LogP contribution in [0.15, 0.2) is 18.2 Å². The van der Waals surface area contributed by atoms with Crippen LogP contribution in [-0.2, 0) is 10.2 Å². The largest absolute Gasteiger partial charge is 0.481 e. The zero-order valence-corrected chi connectivity index (χ0v) is 10.2. The first-order valence-corrected chi connectivity index (χ1v) is 5.57. The van der Waals surface area contributed by atoms with Gasteiger partial charge in [-0.2, -0.15) is 13.2 Å². The Labute approximate surface area is 111 Å². The second kappa shape index (κ2) is 5.74. The van der Waals surface area contributed by atoms with Gasteiger partial charge in [0.05, 0.1) is 0 Å². The lowest BCUT2D eigenvalue weighted by Gasteiger charge is -2.29. The van der Waals surface area contributed by atoms with Gasteiger partial charge >= 0.3 is 12.1 Å². The van der Waals surface area contributed by atoms with E-state index in [0.29, 0.717) is 18.2 Å². The van der Waals surface area contributed by atoms with Crippen molar-refractivity contribution < 1.29 is 31.9 Å². The average molecular weight is 297 g/mol. The molecule has 0 spiro atoms. The number of alkyl halides is 3. The number of halogens is 5. The van der Waals surface area contributed by atoms with Crippen molar-refractivity contribution in [3.8, 4) is 0 Å². The van der Waals surface area contributed by atoms with E-state index in [0.717, 1.165) is 0 Å². The van der Waals surface area contributed by atoms with Crippen LogP contribution in [0.2, 0.25) is 0 Å². The topological polar surface area (TPSA) is 63.3 Å². The van der Waals surface area contributed by atoms with Crippen molar-refractivity contribution in [1.82, 2.24) is 0 Å². The third-order valence-corrected chi connectivity index (χ3v) is 3.01. The third-order valence-electron chi connectivity index (χ3n) is 3.01. The Bertz CT molecular complexity index is 483. The molecule has 1 unspecified atom stereocenters. The van der Waals surface area contributed by atoms with Crippen LogP contribution in [0.25, 0.3) is 0 Å². The van der Waals surface area contributed by atoms with E-state index in [-0.39, 0.29) is 0 Å². The minimum absolute atomic E-state index is 0.422. The minimum Gasteiger partial charge on any atom is -0.481 e. The summed E-state index contributed by atoms with van der Waals surface area (Å²) in [7, 11) is 0. The highest BCUT2D eigenvalue weighted by Gasteiger charge is 2.43. The fraction of sp³-hybridized carbons (Fsp3) is 0.417. The van der Waals surface area contributed by atoms with Gasteiger partial charge in [-0.3, -0.25) is 4.79 Å². The van der Waals surface area contributed by atoms with Crippen molar-refractivity contribution in [3.05, 3.63) is 35.4 Å². The monoisotopic (exact) mass is 297 g/mol. The van der Waals surface area contributed by atoms with Crippen LogP contribution in [0.1, 0.15) is 18.4 Å². The van der Waals surface area contributed by atoms with Crippen LogP contribution in [0, 0.1) is 11.6 Å². The number of hydrogen-bond donors (Lipinski definition) is 2. The molecule has 0 aliphatic rings. The summed E-state index contributed by atoms with van der Waals surface area (Å²) < 4.78 is 63.1. The molecule has 8 heteroatoms. The molecule has 3 nitrogen and oxygen atoms in total. The molecular weight excluding hydrogens is 285 g/mol. The highest BCUT2D eigenvalue weighted by atomic mass is 19.4. The molecule has 112 valence electrons. The van der Waals surface area contributed by atoms with Crippen molar-refractivity contribution in [2.75, 3.05) is 6.54 Å². The molecule has 0 saturated heterocycles. The molecule has 0 bridgehead atoms. The lowest BCUT2D eigenvalue weighted by molar-refractivity contribution is -0.151. The van der Waals surface area contributed by atoms with E-state index in [9.17, 15) is 26.7 Å². The number of aliphatic carboxylic acids is 1. The molecule has 0 aliphatic heterocycles. The summed E-state index contributed by atoms with van der Waals surface area (Å²) in [6.07, 6.45) is -6.92. The van der Waals surface area contributed by atoms with Crippen molar-refractivity contribution in [3.63, 3.8) is 0 Å². The fourth-order valence-electron chi connectivity index (χ4n) is 1.87. The predicted octanol–water partition coefficient (Wildman–Crippen LogP) is 2.59. The van der Waals surface area contributed by atoms with Crippen molar-refractivity contribution >= 4 is 5.97 Å². The lowest BCUT2D eigenvalue weighted by Crippen LogP contribution is -2.44. The average Bonchev–Trinajstić information content (AvgIpc) is 2.27. The molecule has 0 saturated carbocycles. The number of rotatable bonds is 5. The maximum absolute atomic E-state index is 13.1.